The number of fused-ring (bicyclic) bond motifs is 2. The summed E-state index contributed by atoms with van der Waals surface area (Å²) in [6.07, 6.45) is 6.21. The smallest absolute Gasteiger partial charge is 0.0594 e. The van der Waals surface area contributed by atoms with Crippen molar-refractivity contribution in [2.45, 2.75) is 43.9 Å². The van der Waals surface area contributed by atoms with Crippen molar-refractivity contribution in [3.8, 4) is 0 Å². The van der Waals surface area contributed by atoms with Crippen LogP contribution in [0.2, 0.25) is 0 Å². The lowest BCUT2D eigenvalue weighted by atomic mass is 10.0. The van der Waals surface area contributed by atoms with Crippen molar-refractivity contribution in [2.75, 3.05) is 7.05 Å². The maximum absolute atomic E-state index is 5.69. The molecule has 3 atom stereocenters. The minimum atomic E-state index is 0.580. The molecule has 2 nitrogen and oxygen atoms in total. The van der Waals surface area contributed by atoms with Crippen LogP contribution in [0.15, 0.2) is 0 Å². The monoisotopic (exact) mass is 141 g/mol. The maximum atomic E-state index is 5.69. The molecular weight excluding hydrogens is 126 g/mol. The van der Waals surface area contributed by atoms with E-state index in [2.05, 4.69) is 12.4 Å². The second-order valence-electron chi connectivity index (χ2n) is 3.41. The van der Waals surface area contributed by atoms with Crippen molar-refractivity contribution < 1.29 is 4.74 Å². The highest BCUT2D eigenvalue weighted by Crippen LogP contribution is 2.31. The molecule has 1 unspecified atom stereocenters. The molecule has 2 saturated heterocycles. The van der Waals surface area contributed by atoms with Gasteiger partial charge in [-0.15, -0.1) is 0 Å². The lowest BCUT2D eigenvalue weighted by molar-refractivity contribution is -0.00737. The molecule has 2 heteroatoms. The first kappa shape index (κ1) is 6.62. The first-order chi connectivity index (χ1) is 4.88. The van der Waals surface area contributed by atoms with E-state index in [9.17, 15) is 0 Å². The van der Waals surface area contributed by atoms with Crippen molar-refractivity contribution in [1.82, 2.24) is 5.32 Å². The van der Waals surface area contributed by atoms with E-state index in [0.29, 0.717) is 12.2 Å². The van der Waals surface area contributed by atoms with Crippen molar-refractivity contribution in [3.05, 3.63) is 0 Å². The SMILES string of the molecule is CNC1C[C@H]2CC[C@@H](C1)O2. The fraction of sp³-hybridized carbons (Fsp3) is 1.00. The van der Waals surface area contributed by atoms with Gasteiger partial charge in [0, 0.05) is 6.04 Å². The van der Waals surface area contributed by atoms with Crippen LogP contribution in [0, 0.1) is 0 Å². The number of hydrogen-bond donors (Lipinski definition) is 1. The van der Waals surface area contributed by atoms with Crippen LogP contribution in [0.5, 0.6) is 0 Å². The number of hydrogen-bond acceptors (Lipinski definition) is 2. The second-order valence-corrected chi connectivity index (χ2v) is 3.41. The average Bonchev–Trinajstić information content (AvgIpc) is 2.30. The van der Waals surface area contributed by atoms with Gasteiger partial charge in [-0.2, -0.15) is 0 Å². The van der Waals surface area contributed by atoms with E-state index in [0.717, 1.165) is 6.04 Å². The zero-order valence-electron chi connectivity index (χ0n) is 6.47. The summed E-state index contributed by atoms with van der Waals surface area (Å²) >= 11 is 0. The molecule has 0 saturated carbocycles. The summed E-state index contributed by atoms with van der Waals surface area (Å²) in [4.78, 5) is 0. The molecule has 0 radical (unpaired) electrons. The molecule has 0 aromatic rings. The molecular formula is C8H15NO. The highest BCUT2D eigenvalue weighted by molar-refractivity contribution is 4.86. The van der Waals surface area contributed by atoms with Crippen LogP contribution in [0.1, 0.15) is 25.7 Å². The Morgan fingerprint density at radius 2 is 1.80 bits per heavy atom. The van der Waals surface area contributed by atoms with E-state index in [-0.39, 0.29) is 0 Å². The number of nitrogens with one attached hydrogen (secondary N) is 1. The first-order valence-electron chi connectivity index (χ1n) is 4.21. The normalized spacial score (nSPS) is 45.9. The lowest BCUT2D eigenvalue weighted by Gasteiger charge is -2.27. The lowest BCUT2D eigenvalue weighted by Crippen LogP contribution is -2.36. The van der Waals surface area contributed by atoms with Gasteiger partial charge in [0.25, 0.3) is 0 Å². The topological polar surface area (TPSA) is 21.3 Å². The zero-order chi connectivity index (χ0) is 6.97. The Morgan fingerprint density at radius 3 is 2.30 bits per heavy atom. The molecule has 1 N–H and O–H groups in total. The largest absolute Gasteiger partial charge is 0.375 e. The Labute approximate surface area is 61.9 Å². The third-order valence-electron chi connectivity index (χ3n) is 2.70. The quantitative estimate of drug-likeness (QED) is 0.586. The van der Waals surface area contributed by atoms with Gasteiger partial charge in [0.15, 0.2) is 0 Å². The van der Waals surface area contributed by atoms with Crippen LogP contribution in [0.25, 0.3) is 0 Å². The van der Waals surface area contributed by atoms with Crippen molar-refractivity contribution in [2.24, 2.45) is 0 Å². The third-order valence-corrected chi connectivity index (χ3v) is 2.70. The number of rotatable bonds is 1. The van der Waals surface area contributed by atoms with Gasteiger partial charge in [-0.25, -0.2) is 0 Å². The molecule has 0 aliphatic carbocycles. The van der Waals surface area contributed by atoms with Gasteiger partial charge < -0.3 is 10.1 Å². The van der Waals surface area contributed by atoms with E-state index in [1.807, 2.05) is 0 Å². The molecule has 58 valence electrons. The predicted octanol–water partition coefficient (Wildman–Crippen LogP) is 0.916. The third kappa shape index (κ3) is 1.06. The average molecular weight is 141 g/mol. The van der Waals surface area contributed by atoms with Gasteiger partial charge >= 0.3 is 0 Å². The second kappa shape index (κ2) is 2.51. The van der Waals surface area contributed by atoms with Crippen molar-refractivity contribution >= 4 is 0 Å². The fourth-order valence-electron chi connectivity index (χ4n) is 2.09. The summed E-state index contributed by atoms with van der Waals surface area (Å²) in [6, 6.07) is 0.728. The summed E-state index contributed by atoms with van der Waals surface area (Å²) in [5, 5.41) is 3.32. The summed E-state index contributed by atoms with van der Waals surface area (Å²) in [7, 11) is 2.05. The Balaban J connectivity index is 1.96. The Bertz CT molecular complexity index is 114. The Hall–Kier alpha value is -0.0800. The molecule has 0 spiro atoms. The van der Waals surface area contributed by atoms with E-state index < -0.39 is 0 Å². The minimum Gasteiger partial charge on any atom is -0.375 e. The molecule has 2 aliphatic heterocycles. The zero-order valence-corrected chi connectivity index (χ0v) is 6.47. The van der Waals surface area contributed by atoms with Crippen LogP contribution in [-0.4, -0.2) is 25.3 Å². The highest BCUT2D eigenvalue weighted by Gasteiger charge is 2.33. The number of ether oxygens (including phenoxy) is 1. The van der Waals surface area contributed by atoms with E-state index >= 15 is 0 Å². The summed E-state index contributed by atoms with van der Waals surface area (Å²) in [6.45, 7) is 0. The Kier molecular flexibility index (Phi) is 1.66. The predicted molar refractivity (Wildman–Crippen MR) is 40.0 cm³/mol. The van der Waals surface area contributed by atoms with E-state index in [4.69, 9.17) is 4.74 Å². The molecule has 0 aromatic heterocycles. The van der Waals surface area contributed by atoms with Crippen LogP contribution < -0.4 is 5.32 Å². The summed E-state index contributed by atoms with van der Waals surface area (Å²) in [5.74, 6) is 0. The molecule has 2 rings (SSSR count). The van der Waals surface area contributed by atoms with Crippen LogP contribution >= 0.6 is 0 Å². The standard InChI is InChI=1S/C8H15NO/c1-9-6-4-7-2-3-8(5-6)10-7/h6-9H,2-5H2,1H3/t6?,7-,8+. The van der Waals surface area contributed by atoms with Gasteiger partial charge in [0.2, 0.25) is 0 Å². The van der Waals surface area contributed by atoms with Gasteiger partial charge in [-0.1, -0.05) is 0 Å². The Morgan fingerprint density at radius 1 is 1.20 bits per heavy atom. The minimum absolute atomic E-state index is 0.580. The molecule has 2 aliphatic rings. The fourth-order valence-corrected chi connectivity index (χ4v) is 2.09. The van der Waals surface area contributed by atoms with Gasteiger partial charge in [0.1, 0.15) is 0 Å². The first-order valence-corrected chi connectivity index (χ1v) is 4.21. The van der Waals surface area contributed by atoms with Crippen LogP contribution in [-0.2, 0) is 4.74 Å². The van der Waals surface area contributed by atoms with E-state index in [1.165, 1.54) is 25.7 Å². The molecule has 0 amide bonds. The molecule has 2 fully saturated rings. The molecule has 0 aromatic carbocycles. The summed E-state index contributed by atoms with van der Waals surface area (Å²) < 4.78 is 5.69. The molecule has 2 bridgehead atoms. The van der Waals surface area contributed by atoms with Gasteiger partial charge in [0.05, 0.1) is 12.2 Å². The van der Waals surface area contributed by atoms with Crippen LogP contribution in [0.3, 0.4) is 0 Å². The highest BCUT2D eigenvalue weighted by atomic mass is 16.5. The molecule has 10 heavy (non-hydrogen) atoms. The summed E-state index contributed by atoms with van der Waals surface area (Å²) in [5.41, 5.74) is 0. The van der Waals surface area contributed by atoms with Gasteiger partial charge in [-0.3, -0.25) is 0 Å². The van der Waals surface area contributed by atoms with E-state index in [1.54, 1.807) is 0 Å². The maximum Gasteiger partial charge on any atom is 0.0594 e. The van der Waals surface area contributed by atoms with Crippen molar-refractivity contribution in [3.63, 3.8) is 0 Å². The molecule has 2 heterocycles. The van der Waals surface area contributed by atoms with Gasteiger partial charge in [-0.05, 0) is 32.7 Å². The van der Waals surface area contributed by atoms with Crippen molar-refractivity contribution in [1.29, 1.82) is 0 Å². The van der Waals surface area contributed by atoms with Crippen LogP contribution in [0.4, 0.5) is 0 Å².